The smallest absolute Gasteiger partial charge is 0.296 e. The third kappa shape index (κ3) is 5.17. The first-order valence-corrected chi connectivity index (χ1v) is 12.9. The Balaban J connectivity index is 1.61. The summed E-state index contributed by atoms with van der Waals surface area (Å²) in [5, 5.41) is 0. The number of imidazole rings is 1. The van der Waals surface area contributed by atoms with Crippen LogP contribution in [0.25, 0.3) is 17.0 Å². The van der Waals surface area contributed by atoms with Crippen LogP contribution in [0.5, 0.6) is 5.75 Å². The molecule has 10 nitrogen and oxygen atoms in total. The molecule has 4 heterocycles. The molecular formula is C24H28ClF2N7O3. The van der Waals surface area contributed by atoms with Crippen LogP contribution in [0.1, 0.15) is 43.8 Å². The van der Waals surface area contributed by atoms with Crippen molar-refractivity contribution < 1.29 is 23.0 Å². The van der Waals surface area contributed by atoms with E-state index in [4.69, 9.17) is 31.0 Å². The highest BCUT2D eigenvalue weighted by Crippen LogP contribution is 2.33. The lowest BCUT2D eigenvalue weighted by Gasteiger charge is -2.32. The molecule has 3 aromatic rings. The normalized spacial score (nSPS) is 17.1. The fraction of sp³-hybridized carbons (Fsp3) is 0.542. The number of nitrogens with zero attached hydrogens (tertiary/aromatic N) is 7. The fourth-order valence-electron chi connectivity index (χ4n) is 4.75. The van der Waals surface area contributed by atoms with E-state index in [1.54, 1.807) is 23.1 Å². The quantitative estimate of drug-likeness (QED) is 0.425. The Labute approximate surface area is 217 Å². The van der Waals surface area contributed by atoms with E-state index in [-0.39, 0.29) is 23.7 Å². The van der Waals surface area contributed by atoms with Crippen molar-refractivity contribution >= 4 is 34.5 Å². The third-order valence-corrected chi connectivity index (χ3v) is 6.85. The maximum atomic E-state index is 14.3. The molecule has 1 aromatic carbocycles. The summed E-state index contributed by atoms with van der Waals surface area (Å²) in [4.78, 5) is 34.0. The van der Waals surface area contributed by atoms with Gasteiger partial charge in [-0.3, -0.25) is 9.36 Å². The molecule has 0 saturated carbocycles. The van der Waals surface area contributed by atoms with Gasteiger partial charge in [-0.15, -0.1) is 11.6 Å². The van der Waals surface area contributed by atoms with Gasteiger partial charge in [-0.25, -0.2) is 13.8 Å². The number of alkyl halides is 3. The van der Waals surface area contributed by atoms with Crippen LogP contribution >= 0.6 is 11.6 Å². The summed E-state index contributed by atoms with van der Waals surface area (Å²) >= 11 is 5.72. The maximum absolute atomic E-state index is 14.3. The molecule has 0 atom stereocenters. The van der Waals surface area contributed by atoms with Gasteiger partial charge in [0.2, 0.25) is 17.8 Å². The average molecular weight is 536 g/mol. The van der Waals surface area contributed by atoms with E-state index < -0.39 is 12.2 Å². The summed E-state index contributed by atoms with van der Waals surface area (Å²) in [6.07, 6.45) is -1.59. The molecule has 0 radical (unpaired) electrons. The van der Waals surface area contributed by atoms with Gasteiger partial charge in [0.1, 0.15) is 23.0 Å². The molecule has 2 fully saturated rings. The second-order valence-corrected chi connectivity index (χ2v) is 9.11. The van der Waals surface area contributed by atoms with Crippen molar-refractivity contribution in [3.63, 3.8) is 0 Å². The lowest BCUT2D eigenvalue weighted by molar-refractivity contribution is -0.129. The second kappa shape index (κ2) is 11.1. The summed E-state index contributed by atoms with van der Waals surface area (Å²) in [6.45, 7) is 5.43. The van der Waals surface area contributed by atoms with Gasteiger partial charge in [0.05, 0.1) is 25.3 Å². The molecule has 198 valence electrons. The Morgan fingerprint density at radius 3 is 2.51 bits per heavy atom. The molecule has 0 N–H and O–H groups in total. The number of hydrogen-bond acceptors (Lipinski definition) is 8. The van der Waals surface area contributed by atoms with Crippen molar-refractivity contribution in [1.82, 2.24) is 29.4 Å². The van der Waals surface area contributed by atoms with Crippen molar-refractivity contribution in [1.29, 1.82) is 0 Å². The van der Waals surface area contributed by atoms with Gasteiger partial charge in [0.15, 0.2) is 5.82 Å². The molecule has 0 unspecified atom stereocenters. The van der Waals surface area contributed by atoms with Crippen LogP contribution in [-0.2, 0) is 9.53 Å². The monoisotopic (exact) mass is 535 g/mol. The molecule has 0 aliphatic carbocycles. The molecule has 5 rings (SSSR count). The number of morpholine rings is 1. The van der Waals surface area contributed by atoms with E-state index >= 15 is 0 Å². The van der Waals surface area contributed by atoms with E-state index in [0.29, 0.717) is 87.4 Å². The summed E-state index contributed by atoms with van der Waals surface area (Å²) in [6, 6.07) is 5.13. The molecule has 0 spiro atoms. The van der Waals surface area contributed by atoms with Gasteiger partial charge in [0.25, 0.3) is 6.43 Å². The lowest BCUT2D eigenvalue weighted by atomic mass is 9.96. The first-order chi connectivity index (χ1) is 18.0. The highest BCUT2D eigenvalue weighted by molar-refractivity contribution is 6.27. The van der Waals surface area contributed by atoms with Crippen LogP contribution in [0.4, 0.5) is 14.7 Å². The number of benzene rings is 1. The number of fused-ring (bicyclic) bond motifs is 1. The predicted octanol–water partition coefficient (Wildman–Crippen LogP) is 3.33. The Morgan fingerprint density at radius 1 is 1.11 bits per heavy atom. The average Bonchev–Trinajstić information content (AvgIpc) is 3.34. The summed E-state index contributed by atoms with van der Waals surface area (Å²) < 4.78 is 40.9. The van der Waals surface area contributed by atoms with Gasteiger partial charge in [-0.05, 0) is 31.9 Å². The van der Waals surface area contributed by atoms with Gasteiger partial charge in [-0.2, -0.15) is 15.0 Å². The maximum Gasteiger partial charge on any atom is 0.296 e. The van der Waals surface area contributed by atoms with Crippen LogP contribution in [0.3, 0.4) is 0 Å². The van der Waals surface area contributed by atoms with Crippen molar-refractivity contribution in [2.24, 2.45) is 0 Å². The molecule has 0 bridgehead atoms. The van der Waals surface area contributed by atoms with E-state index in [9.17, 15) is 13.6 Å². The highest BCUT2D eigenvalue weighted by atomic mass is 35.5. The van der Waals surface area contributed by atoms with Crippen LogP contribution in [0.15, 0.2) is 18.2 Å². The molecular weight excluding hydrogens is 508 g/mol. The first-order valence-electron chi connectivity index (χ1n) is 12.3. The zero-order valence-electron chi connectivity index (χ0n) is 20.4. The SMILES string of the molecule is CCOc1cccc2c1nc(C(F)F)n2-c1nc(C2CCN(C(=O)CCl)CC2)nc(N2CCOCC2)n1. The molecule has 37 heavy (non-hydrogen) atoms. The van der Waals surface area contributed by atoms with Crippen molar-refractivity contribution in [2.75, 3.05) is 56.8 Å². The molecule has 2 aromatic heterocycles. The number of carbonyl (C=O) groups is 1. The van der Waals surface area contributed by atoms with E-state index in [0.717, 1.165) is 0 Å². The zero-order valence-corrected chi connectivity index (χ0v) is 21.2. The number of piperidine rings is 1. The number of likely N-dealkylation sites (tertiary alicyclic amines) is 1. The predicted molar refractivity (Wildman–Crippen MR) is 133 cm³/mol. The Kier molecular flexibility index (Phi) is 7.65. The zero-order chi connectivity index (χ0) is 25.9. The Hall–Kier alpha value is -3.12. The van der Waals surface area contributed by atoms with Gasteiger partial charge < -0.3 is 19.3 Å². The fourth-order valence-corrected chi connectivity index (χ4v) is 4.92. The molecule has 2 aliphatic rings. The number of amides is 1. The topological polar surface area (TPSA) is 98.5 Å². The first kappa shape index (κ1) is 25.5. The molecule has 1 amide bonds. The summed E-state index contributed by atoms with van der Waals surface area (Å²) in [7, 11) is 0. The minimum Gasteiger partial charge on any atom is -0.492 e. The van der Waals surface area contributed by atoms with Gasteiger partial charge in [0, 0.05) is 32.1 Å². The number of hydrogen-bond donors (Lipinski definition) is 0. The van der Waals surface area contributed by atoms with E-state index in [1.807, 2.05) is 11.8 Å². The molecule has 13 heteroatoms. The van der Waals surface area contributed by atoms with Crippen LogP contribution in [0, 0.1) is 0 Å². The van der Waals surface area contributed by atoms with E-state index in [2.05, 4.69) is 9.97 Å². The van der Waals surface area contributed by atoms with Crippen LogP contribution in [-0.4, -0.2) is 87.2 Å². The van der Waals surface area contributed by atoms with Crippen molar-refractivity contribution in [3.8, 4) is 11.7 Å². The van der Waals surface area contributed by atoms with Crippen molar-refractivity contribution in [3.05, 3.63) is 29.8 Å². The minimum absolute atomic E-state index is 0.0599. The number of anilines is 1. The Morgan fingerprint density at radius 2 is 1.84 bits per heavy atom. The standard InChI is InChI=1S/C24H28ClF2N7O3/c1-2-37-17-5-3-4-16-19(17)28-22(20(26)27)34(16)24-30-21(15-6-8-32(9-7-15)18(35)14-25)29-23(31-24)33-10-12-36-13-11-33/h3-5,15,20H,2,6-14H2,1H3. The largest absolute Gasteiger partial charge is 0.492 e. The van der Waals surface area contributed by atoms with Gasteiger partial charge >= 0.3 is 0 Å². The number of halogens is 3. The molecule has 2 aliphatic heterocycles. The lowest BCUT2D eigenvalue weighted by Crippen LogP contribution is -2.40. The number of rotatable bonds is 7. The van der Waals surface area contributed by atoms with E-state index in [1.165, 1.54) is 4.57 Å². The highest BCUT2D eigenvalue weighted by Gasteiger charge is 2.29. The van der Waals surface area contributed by atoms with Crippen LogP contribution in [0.2, 0.25) is 0 Å². The number of carbonyl (C=O) groups excluding carboxylic acids is 1. The van der Waals surface area contributed by atoms with Crippen LogP contribution < -0.4 is 9.64 Å². The minimum atomic E-state index is -2.86. The Bertz CT molecular complexity index is 1260. The number of aromatic nitrogens is 5. The van der Waals surface area contributed by atoms with Crippen molar-refractivity contribution in [2.45, 2.75) is 32.1 Å². The molecule has 2 saturated heterocycles. The van der Waals surface area contributed by atoms with Gasteiger partial charge in [-0.1, -0.05) is 6.07 Å². The third-order valence-electron chi connectivity index (χ3n) is 6.62. The number of para-hydroxylation sites is 1. The number of ether oxygens (including phenoxy) is 2. The second-order valence-electron chi connectivity index (χ2n) is 8.84. The summed E-state index contributed by atoms with van der Waals surface area (Å²) in [5.74, 6) is 0.715. The summed E-state index contributed by atoms with van der Waals surface area (Å²) in [5.41, 5.74) is 0.747.